The molecule has 0 saturated heterocycles. The summed E-state index contributed by atoms with van der Waals surface area (Å²) in [6.45, 7) is 2.09. The Labute approximate surface area is 118 Å². The maximum Gasteiger partial charge on any atom is 0.343 e. The highest BCUT2D eigenvalue weighted by Gasteiger charge is 2.09. The van der Waals surface area contributed by atoms with Crippen molar-refractivity contribution in [1.29, 1.82) is 0 Å². The first-order valence-corrected chi connectivity index (χ1v) is 6.80. The summed E-state index contributed by atoms with van der Waals surface area (Å²) in [4.78, 5) is 11.9. The van der Waals surface area contributed by atoms with Crippen molar-refractivity contribution in [2.75, 3.05) is 0 Å². The van der Waals surface area contributed by atoms with Crippen LogP contribution in [0, 0.1) is 0 Å². The SMILES string of the molecule is CCCCc1cc(OC(=O)c2ccccc2)ccc1O. The number of ether oxygens (including phenoxy) is 1. The first kappa shape index (κ1) is 14.1. The maximum absolute atomic E-state index is 11.9. The lowest BCUT2D eigenvalue weighted by Crippen LogP contribution is -2.08. The molecule has 2 rings (SSSR count). The normalized spacial score (nSPS) is 10.2. The number of hydrogen-bond donors (Lipinski definition) is 1. The summed E-state index contributed by atoms with van der Waals surface area (Å²) < 4.78 is 5.33. The van der Waals surface area contributed by atoms with Gasteiger partial charge in [0.2, 0.25) is 0 Å². The number of carbonyl (C=O) groups excluding carboxylic acids is 1. The summed E-state index contributed by atoms with van der Waals surface area (Å²) in [6, 6.07) is 13.7. The number of aromatic hydroxyl groups is 1. The van der Waals surface area contributed by atoms with Crippen LogP contribution in [0.25, 0.3) is 0 Å². The van der Waals surface area contributed by atoms with Gasteiger partial charge in [-0.05, 0) is 48.7 Å². The summed E-state index contributed by atoms with van der Waals surface area (Å²) in [6.07, 6.45) is 2.82. The largest absolute Gasteiger partial charge is 0.508 e. The van der Waals surface area contributed by atoms with Crippen LogP contribution in [0.1, 0.15) is 35.7 Å². The van der Waals surface area contributed by atoms with Gasteiger partial charge in [-0.2, -0.15) is 0 Å². The minimum absolute atomic E-state index is 0.248. The van der Waals surface area contributed by atoms with E-state index in [2.05, 4.69) is 6.92 Å². The molecule has 0 heterocycles. The van der Waals surface area contributed by atoms with E-state index in [0.29, 0.717) is 11.3 Å². The summed E-state index contributed by atoms with van der Waals surface area (Å²) in [5.41, 5.74) is 1.32. The molecule has 0 aliphatic heterocycles. The van der Waals surface area contributed by atoms with Crippen molar-refractivity contribution in [2.24, 2.45) is 0 Å². The molecule has 0 spiro atoms. The highest BCUT2D eigenvalue weighted by molar-refractivity contribution is 5.91. The average Bonchev–Trinajstić information content (AvgIpc) is 2.48. The number of phenolic OH excluding ortho intramolecular Hbond substituents is 1. The van der Waals surface area contributed by atoms with Crippen molar-refractivity contribution in [3.8, 4) is 11.5 Å². The number of carbonyl (C=O) groups is 1. The maximum atomic E-state index is 11.9. The van der Waals surface area contributed by atoms with E-state index in [9.17, 15) is 9.90 Å². The third-order valence-corrected chi connectivity index (χ3v) is 3.07. The molecule has 1 N–H and O–H groups in total. The molecule has 104 valence electrons. The monoisotopic (exact) mass is 270 g/mol. The number of unbranched alkanes of at least 4 members (excludes halogenated alkanes) is 1. The van der Waals surface area contributed by atoms with Crippen molar-refractivity contribution in [2.45, 2.75) is 26.2 Å². The Bertz CT molecular complexity index is 576. The van der Waals surface area contributed by atoms with Crippen LogP contribution in [0.15, 0.2) is 48.5 Å². The molecular formula is C17H18O3. The summed E-state index contributed by atoms with van der Waals surface area (Å²) in [5.74, 6) is 0.318. The van der Waals surface area contributed by atoms with Crippen LogP contribution >= 0.6 is 0 Å². The van der Waals surface area contributed by atoms with Gasteiger partial charge in [0, 0.05) is 0 Å². The van der Waals surface area contributed by atoms with Crippen molar-refractivity contribution in [3.63, 3.8) is 0 Å². The first-order valence-electron chi connectivity index (χ1n) is 6.80. The quantitative estimate of drug-likeness (QED) is 0.661. The second kappa shape index (κ2) is 6.75. The Balaban J connectivity index is 2.11. The average molecular weight is 270 g/mol. The van der Waals surface area contributed by atoms with Gasteiger partial charge in [0.15, 0.2) is 0 Å². The molecule has 0 bridgehead atoms. The molecule has 20 heavy (non-hydrogen) atoms. The molecule has 0 atom stereocenters. The highest BCUT2D eigenvalue weighted by Crippen LogP contribution is 2.25. The van der Waals surface area contributed by atoms with Gasteiger partial charge < -0.3 is 9.84 Å². The minimum atomic E-state index is -0.391. The molecule has 2 aromatic carbocycles. The number of aryl methyl sites for hydroxylation is 1. The van der Waals surface area contributed by atoms with Gasteiger partial charge in [-0.15, -0.1) is 0 Å². The summed E-state index contributed by atoms with van der Waals surface area (Å²) >= 11 is 0. The standard InChI is InChI=1S/C17H18O3/c1-2-3-7-14-12-15(10-11-16(14)18)20-17(19)13-8-5-4-6-9-13/h4-6,8-12,18H,2-3,7H2,1H3. The zero-order valence-corrected chi connectivity index (χ0v) is 11.5. The van der Waals surface area contributed by atoms with E-state index in [1.54, 1.807) is 42.5 Å². The van der Waals surface area contributed by atoms with Gasteiger partial charge in [-0.3, -0.25) is 0 Å². The molecule has 0 aliphatic rings. The first-order chi connectivity index (χ1) is 9.70. The van der Waals surface area contributed by atoms with E-state index >= 15 is 0 Å². The zero-order valence-electron chi connectivity index (χ0n) is 11.5. The predicted molar refractivity (Wildman–Crippen MR) is 78.1 cm³/mol. The molecule has 0 aromatic heterocycles. The fourth-order valence-corrected chi connectivity index (χ4v) is 1.93. The van der Waals surface area contributed by atoms with Gasteiger partial charge >= 0.3 is 5.97 Å². The molecule has 0 amide bonds. The van der Waals surface area contributed by atoms with Crippen LogP contribution in [0.5, 0.6) is 11.5 Å². The van der Waals surface area contributed by atoms with Crippen molar-refractivity contribution in [3.05, 3.63) is 59.7 Å². The number of esters is 1. The molecular weight excluding hydrogens is 252 g/mol. The fraction of sp³-hybridized carbons (Fsp3) is 0.235. The summed E-state index contributed by atoms with van der Waals surface area (Å²) in [5, 5.41) is 9.77. The molecule has 2 aromatic rings. The third kappa shape index (κ3) is 3.60. The smallest absolute Gasteiger partial charge is 0.343 e. The molecule has 3 nitrogen and oxygen atoms in total. The summed E-state index contributed by atoms with van der Waals surface area (Å²) in [7, 11) is 0. The lowest BCUT2D eigenvalue weighted by molar-refractivity contribution is 0.0734. The number of benzene rings is 2. The highest BCUT2D eigenvalue weighted by atomic mass is 16.5. The van der Waals surface area contributed by atoms with Gasteiger partial charge in [0.25, 0.3) is 0 Å². The lowest BCUT2D eigenvalue weighted by atomic mass is 10.1. The van der Waals surface area contributed by atoms with Crippen LogP contribution in [0.3, 0.4) is 0 Å². The fourth-order valence-electron chi connectivity index (χ4n) is 1.93. The van der Waals surface area contributed by atoms with E-state index in [0.717, 1.165) is 24.8 Å². The Morgan fingerprint density at radius 2 is 1.90 bits per heavy atom. The second-order valence-corrected chi connectivity index (χ2v) is 4.65. The van der Waals surface area contributed by atoms with Gasteiger partial charge in [-0.25, -0.2) is 4.79 Å². The molecule has 3 heteroatoms. The van der Waals surface area contributed by atoms with Crippen molar-refractivity contribution >= 4 is 5.97 Å². The van der Waals surface area contributed by atoms with Crippen LogP contribution in [-0.2, 0) is 6.42 Å². The molecule has 0 unspecified atom stereocenters. The van der Waals surface area contributed by atoms with Crippen LogP contribution in [0.4, 0.5) is 0 Å². The molecule has 0 fully saturated rings. The Morgan fingerprint density at radius 3 is 2.60 bits per heavy atom. The van der Waals surface area contributed by atoms with Crippen molar-refractivity contribution in [1.82, 2.24) is 0 Å². The second-order valence-electron chi connectivity index (χ2n) is 4.65. The Hall–Kier alpha value is -2.29. The van der Waals surface area contributed by atoms with Crippen LogP contribution in [0.2, 0.25) is 0 Å². The van der Waals surface area contributed by atoms with Gasteiger partial charge in [0.1, 0.15) is 11.5 Å². The molecule has 0 aliphatic carbocycles. The number of rotatable bonds is 5. The number of phenols is 1. The van der Waals surface area contributed by atoms with E-state index in [1.807, 2.05) is 6.07 Å². The van der Waals surface area contributed by atoms with Crippen LogP contribution in [-0.4, -0.2) is 11.1 Å². The zero-order chi connectivity index (χ0) is 14.4. The van der Waals surface area contributed by atoms with Crippen molar-refractivity contribution < 1.29 is 14.6 Å². The Morgan fingerprint density at radius 1 is 1.15 bits per heavy atom. The molecule has 0 radical (unpaired) electrons. The number of hydrogen-bond acceptors (Lipinski definition) is 3. The lowest BCUT2D eigenvalue weighted by Gasteiger charge is -2.08. The van der Waals surface area contributed by atoms with Crippen LogP contribution < -0.4 is 4.74 Å². The topological polar surface area (TPSA) is 46.5 Å². The van der Waals surface area contributed by atoms with E-state index in [-0.39, 0.29) is 5.75 Å². The Kier molecular flexibility index (Phi) is 4.77. The third-order valence-electron chi connectivity index (χ3n) is 3.07. The minimum Gasteiger partial charge on any atom is -0.508 e. The van der Waals surface area contributed by atoms with E-state index in [4.69, 9.17) is 4.74 Å². The van der Waals surface area contributed by atoms with Gasteiger partial charge in [-0.1, -0.05) is 31.5 Å². The van der Waals surface area contributed by atoms with E-state index in [1.165, 1.54) is 0 Å². The predicted octanol–water partition coefficient (Wildman–Crippen LogP) is 3.95. The molecule has 0 saturated carbocycles. The van der Waals surface area contributed by atoms with Gasteiger partial charge in [0.05, 0.1) is 5.56 Å². The van der Waals surface area contributed by atoms with E-state index < -0.39 is 5.97 Å².